The molecule has 0 amide bonds. The van der Waals surface area contributed by atoms with Crippen molar-refractivity contribution in [2.75, 3.05) is 27.5 Å². The van der Waals surface area contributed by atoms with Gasteiger partial charge in [-0.3, -0.25) is 5.32 Å². The molecule has 1 aromatic carbocycles. The van der Waals surface area contributed by atoms with E-state index >= 15 is 0 Å². The standard InChI is InChI=1S/C14H23NO3/c1-10-12(17-4)7-6-11(13(10)18-5)14(2,3)8-15-9-16/h6-7,15-16H,8-9H2,1-5H3. The van der Waals surface area contributed by atoms with Gasteiger partial charge < -0.3 is 14.6 Å². The summed E-state index contributed by atoms with van der Waals surface area (Å²) >= 11 is 0. The van der Waals surface area contributed by atoms with Gasteiger partial charge in [0.2, 0.25) is 0 Å². The molecule has 0 radical (unpaired) electrons. The maximum Gasteiger partial charge on any atom is 0.129 e. The second-order valence-corrected chi connectivity index (χ2v) is 4.94. The number of aliphatic hydroxyl groups excluding tert-OH is 1. The Morgan fingerprint density at radius 3 is 2.39 bits per heavy atom. The molecule has 0 saturated carbocycles. The fraction of sp³-hybridized carbons (Fsp3) is 0.571. The minimum atomic E-state index is -0.134. The molecule has 0 spiro atoms. The molecule has 0 aliphatic rings. The van der Waals surface area contributed by atoms with Gasteiger partial charge in [0, 0.05) is 23.1 Å². The second-order valence-electron chi connectivity index (χ2n) is 4.94. The van der Waals surface area contributed by atoms with Crippen LogP contribution in [0.2, 0.25) is 0 Å². The van der Waals surface area contributed by atoms with Crippen molar-refractivity contribution in [1.29, 1.82) is 0 Å². The Kier molecular flexibility index (Phi) is 4.99. The monoisotopic (exact) mass is 253 g/mol. The van der Waals surface area contributed by atoms with Crippen LogP contribution >= 0.6 is 0 Å². The van der Waals surface area contributed by atoms with Crippen molar-refractivity contribution in [3.63, 3.8) is 0 Å². The lowest BCUT2D eigenvalue weighted by molar-refractivity contribution is 0.246. The first kappa shape index (κ1) is 14.8. The van der Waals surface area contributed by atoms with E-state index < -0.39 is 0 Å². The molecule has 0 aliphatic carbocycles. The summed E-state index contributed by atoms with van der Waals surface area (Å²) in [5, 5.41) is 11.8. The molecule has 1 rings (SSSR count). The average Bonchev–Trinajstić information content (AvgIpc) is 2.36. The number of aliphatic hydroxyl groups is 1. The van der Waals surface area contributed by atoms with Gasteiger partial charge in [-0.25, -0.2) is 0 Å². The molecule has 102 valence electrons. The van der Waals surface area contributed by atoms with Crippen molar-refractivity contribution < 1.29 is 14.6 Å². The van der Waals surface area contributed by atoms with Gasteiger partial charge in [-0.05, 0) is 13.0 Å². The lowest BCUT2D eigenvalue weighted by atomic mass is 9.83. The summed E-state index contributed by atoms with van der Waals surface area (Å²) < 4.78 is 10.8. The summed E-state index contributed by atoms with van der Waals surface area (Å²) in [6.45, 7) is 6.85. The zero-order valence-corrected chi connectivity index (χ0v) is 11.8. The van der Waals surface area contributed by atoms with Gasteiger partial charge in [-0.15, -0.1) is 0 Å². The van der Waals surface area contributed by atoms with Gasteiger partial charge in [-0.1, -0.05) is 19.9 Å². The Hall–Kier alpha value is -1.26. The van der Waals surface area contributed by atoms with Crippen LogP contribution in [0.5, 0.6) is 11.5 Å². The van der Waals surface area contributed by atoms with Crippen LogP contribution in [0.3, 0.4) is 0 Å². The van der Waals surface area contributed by atoms with E-state index in [1.54, 1.807) is 14.2 Å². The molecule has 0 bridgehead atoms. The van der Waals surface area contributed by atoms with E-state index in [0.717, 1.165) is 22.6 Å². The molecule has 0 aliphatic heterocycles. The molecule has 0 atom stereocenters. The van der Waals surface area contributed by atoms with Crippen LogP contribution in [0.1, 0.15) is 25.0 Å². The van der Waals surface area contributed by atoms with Crippen LogP contribution in [-0.4, -0.2) is 32.6 Å². The van der Waals surface area contributed by atoms with Gasteiger partial charge in [0.05, 0.1) is 21.0 Å². The smallest absolute Gasteiger partial charge is 0.129 e. The topological polar surface area (TPSA) is 50.7 Å². The first-order chi connectivity index (χ1) is 8.47. The van der Waals surface area contributed by atoms with E-state index in [0.29, 0.717) is 6.54 Å². The molecule has 4 nitrogen and oxygen atoms in total. The molecule has 0 unspecified atom stereocenters. The maximum atomic E-state index is 8.88. The fourth-order valence-electron chi connectivity index (χ4n) is 2.15. The number of ether oxygens (including phenoxy) is 2. The van der Waals surface area contributed by atoms with Crippen LogP contribution in [-0.2, 0) is 5.41 Å². The van der Waals surface area contributed by atoms with Gasteiger partial charge in [0.1, 0.15) is 11.5 Å². The van der Waals surface area contributed by atoms with Crippen molar-refractivity contribution in [1.82, 2.24) is 5.32 Å². The van der Waals surface area contributed by atoms with Crippen LogP contribution in [0, 0.1) is 6.92 Å². The van der Waals surface area contributed by atoms with Gasteiger partial charge in [0.25, 0.3) is 0 Å². The Morgan fingerprint density at radius 2 is 1.89 bits per heavy atom. The molecule has 4 heteroatoms. The zero-order chi connectivity index (χ0) is 13.8. The third-order valence-electron chi connectivity index (χ3n) is 3.19. The third-order valence-corrected chi connectivity index (χ3v) is 3.19. The number of hydrogen-bond donors (Lipinski definition) is 2. The normalized spacial score (nSPS) is 11.4. The minimum Gasteiger partial charge on any atom is -0.496 e. The molecular formula is C14H23NO3. The van der Waals surface area contributed by atoms with E-state index in [1.807, 2.05) is 19.1 Å². The number of nitrogens with one attached hydrogen (secondary N) is 1. The predicted octanol–water partition coefficient (Wildman–Crippen LogP) is 1.83. The van der Waals surface area contributed by atoms with E-state index in [2.05, 4.69) is 19.2 Å². The SMILES string of the molecule is COc1ccc(C(C)(C)CNCO)c(OC)c1C. The second kappa shape index (κ2) is 6.07. The van der Waals surface area contributed by atoms with E-state index in [4.69, 9.17) is 14.6 Å². The van der Waals surface area contributed by atoms with Crippen LogP contribution in [0.4, 0.5) is 0 Å². The Labute approximate surface area is 109 Å². The lowest BCUT2D eigenvalue weighted by Crippen LogP contribution is -2.33. The van der Waals surface area contributed by atoms with Gasteiger partial charge >= 0.3 is 0 Å². The number of benzene rings is 1. The first-order valence-corrected chi connectivity index (χ1v) is 6.01. The maximum absolute atomic E-state index is 8.88. The van der Waals surface area contributed by atoms with Crippen molar-refractivity contribution >= 4 is 0 Å². The molecular weight excluding hydrogens is 230 g/mol. The summed E-state index contributed by atoms with van der Waals surface area (Å²) in [4.78, 5) is 0. The van der Waals surface area contributed by atoms with E-state index in [-0.39, 0.29) is 12.1 Å². The number of rotatable bonds is 6. The summed E-state index contributed by atoms with van der Waals surface area (Å²) in [6, 6.07) is 3.97. The summed E-state index contributed by atoms with van der Waals surface area (Å²) in [5.74, 6) is 1.67. The molecule has 1 aromatic rings. The number of methoxy groups -OCH3 is 2. The van der Waals surface area contributed by atoms with Crippen molar-refractivity contribution in [2.24, 2.45) is 0 Å². The van der Waals surface area contributed by atoms with Crippen molar-refractivity contribution in [3.05, 3.63) is 23.3 Å². The number of hydrogen-bond acceptors (Lipinski definition) is 4. The molecule has 0 fully saturated rings. The van der Waals surface area contributed by atoms with Crippen molar-refractivity contribution in [3.8, 4) is 11.5 Å². The fourth-order valence-corrected chi connectivity index (χ4v) is 2.15. The highest BCUT2D eigenvalue weighted by atomic mass is 16.5. The molecule has 0 aromatic heterocycles. The van der Waals surface area contributed by atoms with Crippen LogP contribution in [0.15, 0.2) is 12.1 Å². The molecule has 18 heavy (non-hydrogen) atoms. The van der Waals surface area contributed by atoms with Gasteiger partial charge in [0.15, 0.2) is 0 Å². The highest BCUT2D eigenvalue weighted by Gasteiger charge is 2.26. The molecule has 0 heterocycles. The van der Waals surface area contributed by atoms with Crippen LogP contribution in [0.25, 0.3) is 0 Å². The van der Waals surface area contributed by atoms with Gasteiger partial charge in [-0.2, -0.15) is 0 Å². The van der Waals surface area contributed by atoms with Crippen LogP contribution < -0.4 is 14.8 Å². The summed E-state index contributed by atoms with van der Waals surface area (Å²) in [5.41, 5.74) is 1.96. The first-order valence-electron chi connectivity index (χ1n) is 6.01. The third kappa shape index (κ3) is 2.94. The minimum absolute atomic E-state index is 0.0269. The zero-order valence-electron chi connectivity index (χ0n) is 11.8. The Morgan fingerprint density at radius 1 is 1.22 bits per heavy atom. The molecule has 0 saturated heterocycles. The highest BCUT2D eigenvalue weighted by molar-refractivity contribution is 5.52. The van der Waals surface area contributed by atoms with E-state index in [1.165, 1.54) is 0 Å². The highest BCUT2D eigenvalue weighted by Crippen LogP contribution is 2.37. The lowest BCUT2D eigenvalue weighted by Gasteiger charge is -2.28. The largest absolute Gasteiger partial charge is 0.496 e. The summed E-state index contributed by atoms with van der Waals surface area (Å²) in [7, 11) is 3.32. The predicted molar refractivity (Wildman–Crippen MR) is 72.4 cm³/mol. The van der Waals surface area contributed by atoms with E-state index in [9.17, 15) is 0 Å². The average molecular weight is 253 g/mol. The summed E-state index contributed by atoms with van der Waals surface area (Å²) in [6.07, 6.45) is 0. The molecule has 2 N–H and O–H groups in total. The quantitative estimate of drug-likeness (QED) is 0.759. The Bertz CT molecular complexity index is 402. The Balaban J connectivity index is 3.19. The van der Waals surface area contributed by atoms with Crippen molar-refractivity contribution in [2.45, 2.75) is 26.2 Å².